The van der Waals surface area contributed by atoms with E-state index in [-0.39, 0.29) is 42.7 Å². The molecule has 0 unspecified atom stereocenters. The van der Waals surface area contributed by atoms with Gasteiger partial charge >= 0.3 is 5.69 Å². The zero-order valence-corrected chi connectivity index (χ0v) is 18.6. The lowest BCUT2D eigenvalue weighted by atomic mass is 10.1. The third-order valence-electron chi connectivity index (χ3n) is 5.15. The van der Waals surface area contributed by atoms with Gasteiger partial charge in [-0.05, 0) is 24.3 Å². The van der Waals surface area contributed by atoms with Crippen LogP contribution in [-0.4, -0.2) is 76.0 Å². The molecule has 12 heteroatoms. The zero-order chi connectivity index (χ0) is 23.5. The highest BCUT2D eigenvalue weighted by Gasteiger charge is 2.32. The first kappa shape index (κ1) is 23.3. The molecule has 0 radical (unpaired) electrons. The van der Waals surface area contributed by atoms with Crippen LogP contribution in [-0.2, 0) is 10.0 Å². The average molecular weight is 465 g/mol. The highest BCUT2D eigenvalue weighted by atomic mass is 32.2. The van der Waals surface area contributed by atoms with E-state index in [4.69, 9.17) is 14.2 Å². The molecule has 0 aliphatic carbocycles. The number of hydrogen-bond donors (Lipinski definition) is 0. The van der Waals surface area contributed by atoms with Gasteiger partial charge in [-0.15, -0.1) is 0 Å². The number of piperazine rings is 1. The first-order valence-corrected chi connectivity index (χ1v) is 11.0. The number of ether oxygens (including phenoxy) is 3. The molecule has 0 atom stereocenters. The molecule has 32 heavy (non-hydrogen) atoms. The summed E-state index contributed by atoms with van der Waals surface area (Å²) in [5, 5.41) is 11.2. The summed E-state index contributed by atoms with van der Waals surface area (Å²) < 4.78 is 42.6. The molecular formula is C20H23N3O8S. The number of carbonyl (C=O) groups excluding carboxylic acids is 1. The van der Waals surface area contributed by atoms with Crippen LogP contribution in [0.2, 0.25) is 0 Å². The second-order valence-corrected chi connectivity index (χ2v) is 8.79. The summed E-state index contributed by atoms with van der Waals surface area (Å²) in [6.45, 7) is 0.412. The summed E-state index contributed by atoms with van der Waals surface area (Å²) in [7, 11) is 0.240. The molecule has 0 aromatic heterocycles. The Morgan fingerprint density at radius 3 is 2.16 bits per heavy atom. The lowest BCUT2D eigenvalue weighted by molar-refractivity contribution is -0.386. The molecule has 1 fully saturated rings. The van der Waals surface area contributed by atoms with E-state index in [1.165, 1.54) is 42.7 Å². The number of nitro benzene ring substituents is 1. The van der Waals surface area contributed by atoms with Crippen molar-refractivity contribution in [3.05, 3.63) is 52.1 Å². The monoisotopic (exact) mass is 465 g/mol. The van der Waals surface area contributed by atoms with Crippen molar-refractivity contribution in [2.45, 2.75) is 4.90 Å². The minimum Gasteiger partial charge on any atom is -0.497 e. The van der Waals surface area contributed by atoms with Gasteiger partial charge in [-0.2, -0.15) is 4.31 Å². The van der Waals surface area contributed by atoms with E-state index in [9.17, 15) is 23.3 Å². The molecule has 0 bridgehead atoms. The van der Waals surface area contributed by atoms with Crippen LogP contribution >= 0.6 is 0 Å². The van der Waals surface area contributed by atoms with Crippen molar-refractivity contribution in [2.24, 2.45) is 0 Å². The average Bonchev–Trinajstić information content (AvgIpc) is 2.82. The van der Waals surface area contributed by atoms with Gasteiger partial charge in [-0.3, -0.25) is 14.9 Å². The maximum Gasteiger partial charge on any atom is 0.312 e. The van der Waals surface area contributed by atoms with Crippen molar-refractivity contribution >= 4 is 21.6 Å². The number of methoxy groups -OCH3 is 3. The van der Waals surface area contributed by atoms with Crippen LogP contribution in [0, 0.1) is 10.1 Å². The smallest absolute Gasteiger partial charge is 0.312 e. The molecule has 1 saturated heterocycles. The van der Waals surface area contributed by atoms with E-state index in [0.29, 0.717) is 17.1 Å². The molecule has 1 heterocycles. The summed E-state index contributed by atoms with van der Waals surface area (Å²) in [5.74, 6) is 0.581. The van der Waals surface area contributed by atoms with Crippen LogP contribution in [0.1, 0.15) is 10.4 Å². The highest BCUT2D eigenvalue weighted by molar-refractivity contribution is 7.89. The number of rotatable bonds is 7. The van der Waals surface area contributed by atoms with E-state index >= 15 is 0 Å². The molecule has 2 aromatic carbocycles. The first-order chi connectivity index (χ1) is 15.2. The van der Waals surface area contributed by atoms with E-state index in [1.807, 2.05) is 0 Å². The van der Waals surface area contributed by atoms with E-state index in [1.54, 1.807) is 18.2 Å². The van der Waals surface area contributed by atoms with Gasteiger partial charge in [0.2, 0.25) is 10.0 Å². The van der Waals surface area contributed by atoms with E-state index in [0.717, 1.165) is 6.07 Å². The third-order valence-corrected chi connectivity index (χ3v) is 7.04. The van der Waals surface area contributed by atoms with Crippen molar-refractivity contribution < 1.29 is 32.3 Å². The van der Waals surface area contributed by atoms with Gasteiger partial charge in [0.15, 0.2) is 5.75 Å². The second kappa shape index (κ2) is 9.40. The predicted molar refractivity (Wildman–Crippen MR) is 114 cm³/mol. The number of amides is 1. The number of benzene rings is 2. The predicted octanol–water partition coefficient (Wildman–Crippen LogP) is 1.77. The van der Waals surface area contributed by atoms with Crippen LogP contribution in [0.5, 0.6) is 17.2 Å². The molecule has 3 rings (SSSR count). The van der Waals surface area contributed by atoms with Gasteiger partial charge in [0, 0.05) is 38.3 Å². The van der Waals surface area contributed by atoms with Gasteiger partial charge in [-0.25, -0.2) is 8.42 Å². The first-order valence-electron chi connectivity index (χ1n) is 9.56. The summed E-state index contributed by atoms with van der Waals surface area (Å²) >= 11 is 0. The summed E-state index contributed by atoms with van der Waals surface area (Å²) in [4.78, 5) is 24.8. The van der Waals surface area contributed by atoms with Gasteiger partial charge in [0.05, 0.1) is 36.7 Å². The molecule has 0 saturated carbocycles. The van der Waals surface area contributed by atoms with Crippen LogP contribution in [0.3, 0.4) is 0 Å². The largest absolute Gasteiger partial charge is 0.497 e. The molecule has 0 spiro atoms. The third kappa shape index (κ3) is 4.46. The number of hydrogen-bond acceptors (Lipinski definition) is 8. The van der Waals surface area contributed by atoms with Gasteiger partial charge in [0.1, 0.15) is 11.5 Å². The maximum atomic E-state index is 13.0. The highest BCUT2D eigenvalue weighted by Crippen LogP contribution is 2.31. The van der Waals surface area contributed by atoms with Crippen LogP contribution in [0.15, 0.2) is 41.3 Å². The summed E-state index contributed by atoms with van der Waals surface area (Å²) in [6.07, 6.45) is 0. The molecule has 172 valence electrons. The van der Waals surface area contributed by atoms with E-state index in [2.05, 4.69) is 0 Å². The molecule has 1 amide bonds. The van der Waals surface area contributed by atoms with Gasteiger partial charge in [0.25, 0.3) is 5.91 Å². The molecule has 0 N–H and O–H groups in total. The Bertz CT molecular complexity index is 1130. The number of nitrogens with zero attached hydrogens (tertiary/aromatic N) is 3. The fraction of sp³-hybridized carbons (Fsp3) is 0.350. The lowest BCUT2D eigenvalue weighted by Gasteiger charge is -2.34. The number of carbonyl (C=O) groups is 1. The Morgan fingerprint density at radius 1 is 0.938 bits per heavy atom. The van der Waals surface area contributed by atoms with E-state index < -0.39 is 20.6 Å². The Balaban J connectivity index is 1.76. The quantitative estimate of drug-likeness (QED) is 0.447. The molecule has 11 nitrogen and oxygen atoms in total. The zero-order valence-electron chi connectivity index (χ0n) is 17.8. The summed E-state index contributed by atoms with van der Waals surface area (Å²) in [6, 6.07) is 8.34. The summed E-state index contributed by atoms with van der Waals surface area (Å²) in [5.41, 5.74) is -0.0932. The topological polar surface area (TPSA) is 129 Å². The Hall–Kier alpha value is -3.38. The molecular weight excluding hydrogens is 442 g/mol. The Kier molecular flexibility index (Phi) is 6.84. The molecule has 2 aromatic rings. The molecule has 1 aliphatic rings. The number of nitro groups is 1. The minimum atomic E-state index is -3.98. The van der Waals surface area contributed by atoms with Crippen molar-refractivity contribution in [3.8, 4) is 17.2 Å². The lowest BCUT2D eigenvalue weighted by Crippen LogP contribution is -2.50. The van der Waals surface area contributed by atoms with Crippen molar-refractivity contribution in [1.82, 2.24) is 9.21 Å². The van der Waals surface area contributed by atoms with Crippen molar-refractivity contribution in [2.75, 3.05) is 47.5 Å². The SMILES string of the molecule is COc1ccc(C(=O)N2CCN(S(=O)(=O)c3ccc(OC)c([N+](=O)[O-])c3)CC2)c(OC)c1. The van der Waals surface area contributed by atoms with Crippen LogP contribution in [0.4, 0.5) is 5.69 Å². The van der Waals surface area contributed by atoms with Gasteiger partial charge in [-0.1, -0.05) is 0 Å². The normalized spacial score (nSPS) is 14.7. The minimum absolute atomic E-state index is 0.0298. The maximum absolute atomic E-state index is 13.0. The fourth-order valence-corrected chi connectivity index (χ4v) is 4.84. The number of sulfonamides is 1. The Labute approximate surface area is 185 Å². The second-order valence-electron chi connectivity index (χ2n) is 6.85. The Morgan fingerprint density at radius 2 is 1.59 bits per heavy atom. The standard InChI is InChI=1S/C20H23N3O8S/c1-29-14-4-6-16(19(12-14)31-3)20(24)21-8-10-22(11-9-21)32(27,28)15-5-7-18(30-2)17(13-15)23(25)26/h4-7,12-13H,8-11H2,1-3H3. The van der Waals surface area contributed by atoms with Gasteiger partial charge < -0.3 is 19.1 Å². The molecule has 1 aliphatic heterocycles. The van der Waals surface area contributed by atoms with Crippen LogP contribution < -0.4 is 14.2 Å². The van der Waals surface area contributed by atoms with Crippen molar-refractivity contribution in [1.29, 1.82) is 0 Å². The van der Waals surface area contributed by atoms with Crippen LogP contribution in [0.25, 0.3) is 0 Å². The fourth-order valence-electron chi connectivity index (χ4n) is 3.40. The van der Waals surface area contributed by atoms with Crippen molar-refractivity contribution in [3.63, 3.8) is 0 Å².